The molecular formula is C13H16N2O5. The Kier molecular flexibility index (Phi) is 2.35. The molecule has 0 aromatic heterocycles. The van der Waals surface area contributed by atoms with Crippen LogP contribution < -0.4 is 10.6 Å². The minimum atomic E-state index is -1.68. The first-order chi connectivity index (χ1) is 9.47. The number of ether oxygens (including phenoxy) is 1. The van der Waals surface area contributed by atoms with Crippen LogP contribution in [0.1, 0.15) is 25.7 Å². The van der Waals surface area contributed by atoms with E-state index in [9.17, 15) is 19.2 Å². The van der Waals surface area contributed by atoms with Gasteiger partial charge in [-0.15, -0.1) is 0 Å². The highest BCUT2D eigenvalue weighted by atomic mass is 16.5. The molecule has 0 aromatic carbocycles. The lowest BCUT2D eigenvalue weighted by molar-refractivity contribution is -0.155. The predicted octanol–water partition coefficient (Wildman–Crippen LogP) is -0.891. The number of methoxy groups -OCH3 is 1. The van der Waals surface area contributed by atoms with Gasteiger partial charge in [0.1, 0.15) is 0 Å². The largest absolute Gasteiger partial charge is 0.468 e. The molecule has 2 atom stereocenters. The third-order valence-electron chi connectivity index (χ3n) is 5.36. The molecule has 2 aliphatic carbocycles. The average Bonchev–Trinajstić information content (AvgIpc) is 2.70. The van der Waals surface area contributed by atoms with Crippen LogP contribution in [0, 0.1) is 16.2 Å². The SMILES string of the molecule is CNC(=O)C12C(=O)NC(=O)C1(C(=O)OC)C21CCCC1. The summed E-state index contributed by atoms with van der Waals surface area (Å²) >= 11 is 0. The maximum Gasteiger partial charge on any atom is 0.323 e. The van der Waals surface area contributed by atoms with Crippen LogP contribution in [0.15, 0.2) is 0 Å². The molecule has 0 radical (unpaired) electrons. The van der Waals surface area contributed by atoms with Gasteiger partial charge < -0.3 is 10.1 Å². The summed E-state index contributed by atoms with van der Waals surface area (Å²) in [6.45, 7) is 0. The maximum atomic E-state index is 12.4. The second-order valence-electron chi connectivity index (χ2n) is 5.64. The number of esters is 1. The number of imide groups is 1. The molecule has 1 saturated heterocycles. The summed E-state index contributed by atoms with van der Waals surface area (Å²) in [7, 11) is 2.57. The van der Waals surface area contributed by atoms with Crippen LogP contribution in [0.5, 0.6) is 0 Å². The summed E-state index contributed by atoms with van der Waals surface area (Å²) in [5.74, 6) is -2.73. The number of carbonyl (C=O) groups is 4. The van der Waals surface area contributed by atoms with Gasteiger partial charge in [-0.05, 0) is 12.8 Å². The topological polar surface area (TPSA) is 102 Å². The van der Waals surface area contributed by atoms with Crippen LogP contribution in [0.2, 0.25) is 0 Å². The molecule has 3 amide bonds. The van der Waals surface area contributed by atoms with Crippen molar-refractivity contribution < 1.29 is 23.9 Å². The van der Waals surface area contributed by atoms with E-state index in [4.69, 9.17) is 4.74 Å². The van der Waals surface area contributed by atoms with Crippen molar-refractivity contribution in [2.75, 3.05) is 14.2 Å². The first kappa shape index (κ1) is 13.1. The Morgan fingerprint density at radius 3 is 2.20 bits per heavy atom. The van der Waals surface area contributed by atoms with E-state index in [1.165, 1.54) is 14.2 Å². The second kappa shape index (κ2) is 3.59. The first-order valence-electron chi connectivity index (χ1n) is 6.64. The average molecular weight is 280 g/mol. The van der Waals surface area contributed by atoms with Crippen molar-refractivity contribution in [3.8, 4) is 0 Å². The monoisotopic (exact) mass is 280 g/mol. The van der Waals surface area contributed by atoms with Crippen LogP contribution >= 0.6 is 0 Å². The summed E-state index contributed by atoms with van der Waals surface area (Å²) < 4.78 is 4.77. The lowest BCUT2D eigenvalue weighted by atomic mass is 9.88. The van der Waals surface area contributed by atoms with E-state index < -0.39 is 39.9 Å². The number of fused-ring (bicyclic) bond motifs is 3. The van der Waals surface area contributed by atoms with Gasteiger partial charge in [-0.25, -0.2) is 0 Å². The van der Waals surface area contributed by atoms with Gasteiger partial charge in [0.15, 0.2) is 10.8 Å². The highest BCUT2D eigenvalue weighted by Gasteiger charge is 3.02. The van der Waals surface area contributed by atoms with E-state index in [1.54, 1.807) is 0 Å². The Balaban J connectivity index is 2.26. The molecule has 2 N–H and O–H groups in total. The van der Waals surface area contributed by atoms with Crippen molar-refractivity contribution in [1.82, 2.24) is 10.6 Å². The summed E-state index contributed by atoms with van der Waals surface area (Å²) in [6.07, 6.45) is 2.60. The number of piperidine rings is 1. The Morgan fingerprint density at radius 2 is 1.70 bits per heavy atom. The zero-order chi connectivity index (χ0) is 14.8. The van der Waals surface area contributed by atoms with Crippen molar-refractivity contribution in [3.63, 3.8) is 0 Å². The fourth-order valence-electron chi connectivity index (χ4n) is 4.76. The van der Waals surface area contributed by atoms with Crippen molar-refractivity contribution in [3.05, 3.63) is 0 Å². The third kappa shape index (κ3) is 0.891. The fourth-order valence-corrected chi connectivity index (χ4v) is 4.76. The van der Waals surface area contributed by atoms with E-state index in [0.717, 1.165) is 12.8 Å². The molecule has 0 bridgehead atoms. The van der Waals surface area contributed by atoms with Crippen molar-refractivity contribution in [1.29, 1.82) is 0 Å². The third-order valence-corrected chi connectivity index (χ3v) is 5.36. The van der Waals surface area contributed by atoms with Crippen LogP contribution in [-0.2, 0) is 23.9 Å². The summed E-state index contributed by atoms with van der Waals surface area (Å²) in [4.78, 5) is 49.4. The van der Waals surface area contributed by atoms with Gasteiger partial charge >= 0.3 is 5.97 Å². The summed E-state index contributed by atoms with van der Waals surface area (Å²) in [5, 5.41) is 4.58. The van der Waals surface area contributed by atoms with Crippen molar-refractivity contribution >= 4 is 23.7 Å². The highest BCUT2D eigenvalue weighted by Crippen LogP contribution is 2.86. The van der Waals surface area contributed by atoms with Gasteiger partial charge in [0, 0.05) is 12.5 Å². The molecule has 0 aromatic rings. The summed E-state index contributed by atoms with van der Waals surface area (Å²) in [6, 6.07) is 0. The molecule has 1 heterocycles. The van der Waals surface area contributed by atoms with E-state index in [1.807, 2.05) is 0 Å². The molecule has 7 heteroatoms. The van der Waals surface area contributed by atoms with E-state index in [0.29, 0.717) is 12.8 Å². The van der Waals surface area contributed by atoms with Crippen molar-refractivity contribution in [2.24, 2.45) is 16.2 Å². The molecule has 20 heavy (non-hydrogen) atoms. The molecule has 2 saturated carbocycles. The smallest absolute Gasteiger partial charge is 0.323 e. The second-order valence-corrected chi connectivity index (χ2v) is 5.64. The highest BCUT2D eigenvalue weighted by molar-refractivity contribution is 6.34. The number of hydrogen-bond donors (Lipinski definition) is 2. The Bertz CT molecular complexity index is 509. The minimum Gasteiger partial charge on any atom is -0.468 e. The summed E-state index contributed by atoms with van der Waals surface area (Å²) in [5.41, 5.74) is -4.22. The lowest BCUT2D eigenvalue weighted by Gasteiger charge is -2.19. The molecule has 3 rings (SSSR count). The van der Waals surface area contributed by atoms with Crippen molar-refractivity contribution in [2.45, 2.75) is 25.7 Å². The Labute approximate surface area is 115 Å². The van der Waals surface area contributed by atoms with Gasteiger partial charge in [0.05, 0.1) is 7.11 Å². The number of rotatable bonds is 2. The quantitative estimate of drug-likeness (QED) is 0.388. The number of hydrogen-bond acceptors (Lipinski definition) is 5. The molecule has 3 aliphatic rings. The van der Waals surface area contributed by atoms with E-state index in [2.05, 4.69) is 10.6 Å². The maximum absolute atomic E-state index is 12.4. The van der Waals surface area contributed by atoms with Crippen LogP contribution in [0.4, 0.5) is 0 Å². The Hall–Kier alpha value is -1.92. The molecule has 108 valence electrons. The zero-order valence-electron chi connectivity index (χ0n) is 11.4. The Morgan fingerprint density at radius 1 is 1.15 bits per heavy atom. The normalized spacial score (nSPS) is 36.5. The van der Waals surface area contributed by atoms with Gasteiger partial charge in [0.2, 0.25) is 17.7 Å². The zero-order valence-corrected chi connectivity index (χ0v) is 11.4. The lowest BCUT2D eigenvalue weighted by Crippen LogP contribution is -2.43. The molecule has 1 aliphatic heterocycles. The van der Waals surface area contributed by atoms with Gasteiger partial charge in [0.25, 0.3) is 0 Å². The molecule has 7 nitrogen and oxygen atoms in total. The molecule has 3 fully saturated rings. The number of carbonyl (C=O) groups excluding carboxylic acids is 4. The van der Waals surface area contributed by atoms with E-state index >= 15 is 0 Å². The first-order valence-corrected chi connectivity index (χ1v) is 6.64. The molecule has 2 unspecified atom stereocenters. The van der Waals surface area contributed by atoms with Crippen LogP contribution in [0.3, 0.4) is 0 Å². The number of amides is 3. The molecule has 1 spiro atoms. The fraction of sp³-hybridized carbons (Fsp3) is 0.692. The van der Waals surface area contributed by atoms with Gasteiger partial charge in [-0.2, -0.15) is 0 Å². The molecular weight excluding hydrogens is 264 g/mol. The predicted molar refractivity (Wildman–Crippen MR) is 65.0 cm³/mol. The minimum absolute atomic E-state index is 0.509. The number of nitrogens with one attached hydrogen (secondary N) is 2. The van der Waals surface area contributed by atoms with Crippen LogP contribution in [0.25, 0.3) is 0 Å². The standard InChI is InChI=1S/C13H16N2O5/c1-14-7(16)12-8(17)15-9(18)13(12,10(19)20-2)11(12)5-3-4-6-11/h3-6H2,1-2H3,(H,14,16)(H,15,17,18). The van der Waals surface area contributed by atoms with Gasteiger partial charge in [-0.1, -0.05) is 12.8 Å². The van der Waals surface area contributed by atoms with Crippen LogP contribution in [-0.4, -0.2) is 37.8 Å². The van der Waals surface area contributed by atoms with E-state index in [-0.39, 0.29) is 0 Å². The van der Waals surface area contributed by atoms with Gasteiger partial charge in [-0.3, -0.25) is 24.5 Å².